The van der Waals surface area contributed by atoms with Crippen LogP contribution in [0, 0.1) is 0 Å². The summed E-state index contributed by atoms with van der Waals surface area (Å²) in [6.45, 7) is 13.3. The average molecular weight is 413 g/mol. The zero-order valence-corrected chi connectivity index (χ0v) is 18.8. The SMILES string of the molecule is CC(C)(C)[S+]([O-])N[C@H]1c2ccccc2OC12CCN([S+]([O-])C(C)(C)C)CC2. The van der Waals surface area contributed by atoms with E-state index < -0.39 is 28.3 Å². The maximum atomic E-state index is 12.8. The van der Waals surface area contributed by atoms with E-state index in [2.05, 4.69) is 15.1 Å². The molecule has 2 aliphatic heterocycles. The zero-order valence-electron chi connectivity index (χ0n) is 17.2. The summed E-state index contributed by atoms with van der Waals surface area (Å²) in [5.74, 6) is 0.867. The van der Waals surface area contributed by atoms with Crippen LogP contribution in [0.25, 0.3) is 0 Å². The molecule has 2 aliphatic rings. The van der Waals surface area contributed by atoms with Gasteiger partial charge in [0.2, 0.25) is 0 Å². The molecule has 0 aromatic heterocycles. The molecule has 1 spiro atoms. The van der Waals surface area contributed by atoms with Crippen molar-refractivity contribution in [3.05, 3.63) is 29.8 Å². The number of hydrogen-bond acceptors (Lipinski definition) is 5. The van der Waals surface area contributed by atoms with Crippen molar-refractivity contribution in [1.29, 1.82) is 0 Å². The average Bonchev–Trinajstić information content (AvgIpc) is 2.87. The summed E-state index contributed by atoms with van der Waals surface area (Å²) >= 11 is -2.23. The fourth-order valence-electron chi connectivity index (χ4n) is 3.64. The lowest BCUT2D eigenvalue weighted by Crippen LogP contribution is -2.57. The zero-order chi connectivity index (χ0) is 20.0. The van der Waals surface area contributed by atoms with Gasteiger partial charge in [-0.3, -0.25) is 0 Å². The van der Waals surface area contributed by atoms with Gasteiger partial charge in [0.15, 0.2) is 0 Å². The molecule has 1 aromatic carbocycles. The third-order valence-electron chi connectivity index (χ3n) is 5.18. The maximum absolute atomic E-state index is 12.8. The van der Waals surface area contributed by atoms with E-state index in [1.54, 1.807) is 0 Å². The van der Waals surface area contributed by atoms with Gasteiger partial charge in [0.05, 0.1) is 0 Å². The van der Waals surface area contributed by atoms with Crippen molar-refractivity contribution in [2.45, 2.75) is 75.5 Å². The Morgan fingerprint density at radius 1 is 1.04 bits per heavy atom. The molecular weight excluding hydrogens is 380 g/mol. The van der Waals surface area contributed by atoms with E-state index in [1.165, 1.54) is 0 Å². The molecule has 5 nitrogen and oxygen atoms in total. The number of rotatable bonds is 3. The molecule has 1 aromatic rings. The van der Waals surface area contributed by atoms with Crippen molar-refractivity contribution in [2.24, 2.45) is 0 Å². The predicted octanol–water partition coefficient (Wildman–Crippen LogP) is 3.47. The number of para-hydroxylation sites is 1. The van der Waals surface area contributed by atoms with E-state index in [4.69, 9.17) is 4.74 Å². The van der Waals surface area contributed by atoms with Gasteiger partial charge in [-0.05, 0) is 47.6 Å². The second-order valence-corrected chi connectivity index (χ2v) is 13.7. The molecule has 0 amide bonds. The first-order valence-corrected chi connectivity index (χ1v) is 11.8. The molecular formula is C20H32N2O3S2. The van der Waals surface area contributed by atoms with Crippen LogP contribution in [0.4, 0.5) is 0 Å². The Hall–Kier alpha value is -0.440. The van der Waals surface area contributed by atoms with Crippen molar-refractivity contribution in [2.75, 3.05) is 13.1 Å². The van der Waals surface area contributed by atoms with Crippen LogP contribution in [-0.4, -0.2) is 41.6 Å². The van der Waals surface area contributed by atoms with Gasteiger partial charge in [-0.2, -0.15) is 0 Å². The van der Waals surface area contributed by atoms with E-state index in [0.717, 1.165) is 24.2 Å². The highest BCUT2D eigenvalue weighted by Gasteiger charge is 2.54. The topological polar surface area (TPSA) is 70.6 Å². The Balaban J connectivity index is 1.82. The van der Waals surface area contributed by atoms with Gasteiger partial charge in [0.25, 0.3) is 0 Å². The first-order chi connectivity index (χ1) is 12.4. The maximum Gasteiger partial charge on any atom is 0.137 e. The van der Waals surface area contributed by atoms with Crippen LogP contribution >= 0.6 is 0 Å². The number of fused-ring (bicyclic) bond motifs is 1. The Labute approximate surface area is 169 Å². The number of benzene rings is 1. The van der Waals surface area contributed by atoms with E-state index in [9.17, 15) is 9.11 Å². The predicted molar refractivity (Wildman–Crippen MR) is 112 cm³/mol. The molecule has 1 saturated heterocycles. The summed E-state index contributed by atoms with van der Waals surface area (Å²) in [5.41, 5.74) is 0.629. The van der Waals surface area contributed by atoms with Crippen LogP contribution in [0.3, 0.4) is 0 Å². The largest absolute Gasteiger partial charge is 0.598 e. The van der Waals surface area contributed by atoms with E-state index in [1.807, 2.05) is 59.7 Å². The Morgan fingerprint density at radius 2 is 1.63 bits per heavy atom. The van der Waals surface area contributed by atoms with Gasteiger partial charge in [-0.25, -0.2) is 0 Å². The molecule has 0 saturated carbocycles. The first-order valence-electron chi connectivity index (χ1n) is 9.57. The van der Waals surface area contributed by atoms with Crippen LogP contribution in [-0.2, 0) is 22.7 Å². The monoisotopic (exact) mass is 412 g/mol. The van der Waals surface area contributed by atoms with Crippen LogP contribution in [0.15, 0.2) is 24.3 Å². The van der Waals surface area contributed by atoms with Gasteiger partial charge in [-0.1, -0.05) is 18.2 Å². The molecule has 1 fully saturated rings. The van der Waals surface area contributed by atoms with Crippen molar-refractivity contribution in [1.82, 2.24) is 9.03 Å². The van der Waals surface area contributed by atoms with Crippen molar-refractivity contribution in [3.8, 4) is 5.75 Å². The molecule has 0 bridgehead atoms. The van der Waals surface area contributed by atoms with Gasteiger partial charge in [0, 0.05) is 54.2 Å². The second-order valence-electron chi connectivity index (χ2n) is 9.43. The third-order valence-corrected chi connectivity index (χ3v) is 8.62. The van der Waals surface area contributed by atoms with Crippen molar-refractivity contribution in [3.63, 3.8) is 0 Å². The highest BCUT2D eigenvalue weighted by molar-refractivity contribution is 7.91. The van der Waals surface area contributed by atoms with Gasteiger partial charge < -0.3 is 13.8 Å². The lowest BCUT2D eigenvalue weighted by Gasteiger charge is -2.43. The molecule has 1 N–H and O–H groups in total. The molecule has 152 valence electrons. The van der Waals surface area contributed by atoms with Crippen LogP contribution in [0.1, 0.15) is 66.0 Å². The summed E-state index contributed by atoms with van der Waals surface area (Å²) < 4.78 is 36.9. The fourth-order valence-corrected chi connectivity index (χ4v) is 5.83. The first kappa shape index (κ1) is 21.3. The number of piperidine rings is 1. The highest BCUT2D eigenvalue weighted by atomic mass is 32.2. The lowest BCUT2D eigenvalue weighted by molar-refractivity contribution is 0.0147. The molecule has 27 heavy (non-hydrogen) atoms. The third kappa shape index (κ3) is 4.28. The molecule has 2 heterocycles. The smallest absolute Gasteiger partial charge is 0.137 e. The summed E-state index contributed by atoms with van der Waals surface area (Å²) in [4.78, 5) is 0. The minimum atomic E-state index is -1.20. The Morgan fingerprint density at radius 3 is 2.19 bits per heavy atom. The minimum Gasteiger partial charge on any atom is -0.598 e. The van der Waals surface area contributed by atoms with Crippen molar-refractivity contribution >= 4 is 22.7 Å². The minimum absolute atomic E-state index is 0.126. The molecule has 0 radical (unpaired) electrons. The molecule has 7 heteroatoms. The fraction of sp³-hybridized carbons (Fsp3) is 0.700. The molecule has 2 unspecified atom stereocenters. The van der Waals surface area contributed by atoms with E-state index >= 15 is 0 Å². The Kier molecular flexibility index (Phi) is 5.85. The highest BCUT2D eigenvalue weighted by Crippen LogP contribution is 2.49. The number of ether oxygens (including phenoxy) is 1. The summed E-state index contributed by atoms with van der Waals surface area (Å²) in [6, 6.07) is 7.89. The van der Waals surface area contributed by atoms with Gasteiger partial charge in [-0.15, -0.1) is 9.03 Å². The number of hydrogen-bond donors (Lipinski definition) is 1. The molecule has 0 aliphatic carbocycles. The van der Waals surface area contributed by atoms with Crippen LogP contribution < -0.4 is 9.46 Å². The Bertz CT molecular complexity index is 664. The number of nitrogens with zero attached hydrogens (tertiary/aromatic N) is 1. The van der Waals surface area contributed by atoms with Gasteiger partial charge in [0.1, 0.15) is 26.9 Å². The standard InChI is InChI=1S/C20H32N2O3S2/c1-18(2,3)26(23)21-17-15-9-7-8-10-16(15)25-20(17)11-13-22(14-12-20)27(24)19(4,5)6/h7-10,17,21H,11-14H2,1-6H3/t17-,26?,27?/m0/s1. The van der Waals surface area contributed by atoms with E-state index in [0.29, 0.717) is 13.1 Å². The van der Waals surface area contributed by atoms with Crippen LogP contribution in [0.2, 0.25) is 0 Å². The molecule has 3 atom stereocenters. The van der Waals surface area contributed by atoms with E-state index in [-0.39, 0.29) is 15.5 Å². The summed E-state index contributed by atoms with van der Waals surface area (Å²) in [5, 5.41) is 0. The van der Waals surface area contributed by atoms with Gasteiger partial charge >= 0.3 is 0 Å². The molecule has 3 rings (SSSR count). The second kappa shape index (κ2) is 7.43. The van der Waals surface area contributed by atoms with Crippen molar-refractivity contribution < 1.29 is 13.8 Å². The lowest BCUT2D eigenvalue weighted by atomic mass is 9.84. The normalized spacial score (nSPS) is 25.1. The number of nitrogens with one attached hydrogen (secondary N) is 1. The van der Waals surface area contributed by atoms with Crippen LogP contribution in [0.5, 0.6) is 5.75 Å². The summed E-state index contributed by atoms with van der Waals surface area (Å²) in [7, 11) is 0. The summed E-state index contributed by atoms with van der Waals surface area (Å²) in [6.07, 6.45) is 1.50. The quantitative estimate of drug-likeness (QED) is 0.770.